The lowest BCUT2D eigenvalue weighted by atomic mass is 10.2. The molecule has 0 radical (unpaired) electrons. The van der Waals surface area contributed by atoms with Crippen LogP contribution < -0.4 is 19.5 Å². The minimum Gasteiger partial charge on any atom is -0.495 e. The largest absolute Gasteiger partial charge is 0.495 e. The molecule has 1 N–H and O–H groups in total. The molecule has 0 atom stereocenters. The van der Waals surface area contributed by atoms with Crippen molar-refractivity contribution in [3.05, 3.63) is 52.1 Å². The van der Waals surface area contributed by atoms with Crippen molar-refractivity contribution in [2.75, 3.05) is 39.2 Å². The highest BCUT2D eigenvalue weighted by Gasteiger charge is 2.15. The molecule has 1 aliphatic heterocycles. The van der Waals surface area contributed by atoms with Gasteiger partial charge >= 0.3 is 0 Å². The van der Waals surface area contributed by atoms with Crippen molar-refractivity contribution in [2.24, 2.45) is 0 Å². The number of ether oxygens (including phenoxy) is 3. The predicted molar refractivity (Wildman–Crippen MR) is 107 cm³/mol. The number of benzene rings is 2. The Labute approximate surface area is 168 Å². The van der Waals surface area contributed by atoms with E-state index in [1.54, 1.807) is 0 Å². The molecule has 2 aromatic rings. The summed E-state index contributed by atoms with van der Waals surface area (Å²) < 4.78 is 16.3. The Morgan fingerprint density at radius 2 is 1.97 bits per heavy atom. The van der Waals surface area contributed by atoms with Gasteiger partial charge in [-0.3, -0.25) is 14.9 Å². The molecule has 0 saturated carbocycles. The second kappa shape index (κ2) is 9.24. The number of rotatable bonds is 8. The monoisotopic (exact) mass is 401 g/mol. The third-order valence-electron chi connectivity index (χ3n) is 4.45. The highest BCUT2D eigenvalue weighted by molar-refractivity contribution is 5.92. The smallest absolute Gasteiger partial charge is 0.271 e. The van der Waals surface area contributed by atoms with E-state index in [0.717, 1.165) is 17.1 Å². The number of non-ortho nitro benzene ring substituents is 1. The quantitative estimate of drug-likeness (QED) is 0.536. The maximum atomic E-state index is 12.3. The van der Waals surface area contributed by atoms with Crippen LogP contribution in [0.3, 0.4) is 0 Å². The topological polar surface area (TPSA) is 103 Å². The van der Waals surface area contributed by atoms with E-state index in [1.165, 1.54) is 25.3 Å². The van der Waals surface area contributed by atoms with Crippen LogP contribution in [0.5, 0.6) is 17.2 Å². The summed E-state index contributed by atoms with van der Waals surface area (Å²) in [7, 11) is 3.36. The van der Waals surface area contributed by atoms with Gasteiger partial charge in [-0.15, -0.1) is 0 Å². The van der Waals surface area contributed by atoms with Crippen molar-refractivity contribution in [1.82, 2.24) is 4.90 Å². The molecule has 1 amide bonds. The number of nitro groups is 1. The molecule has 1 aliphatic rings. The Hall–Kier alpha value is -3.33. The lowest BCUT2D eigenvalue weighted by molar-refractivity contribution is -0.384. The van der Waals surface area contributed by atoms with Gasteiger partial charge in [0.2, 0.25) is 5.91 Å². The molecule has 2 aromatic carbocycles. The van der Waals surface area contributed by atoms with Crippen molar-refractivity contribution in [2.45, 2.75) is 13.0 Å². The minimum absolute atomic E-state index is 0.114. The van der Waals surface area contributed by atoms with Gasteiger partial charge in [0.05, 0.1) is 17.7 Å². The Balaban J connectivity index is 1.54. The summed E-state index contributed by atoms with van der Waals surface area (Å²) >= 11 is 0. The maximum absolute atomic E-state index is 12.3. The van der Waals surface area contributed by atoms with Crippen molar-refractivity contribution < 1.29 is 23.9 Å². The molecule has 29 heavy (non-hydrogen) atoms. The number of nitro benzene ring substituents is 1. The molecular weight excluding hydrogens is 378 g/mol. The van der Waals surface area contributed by atoms with Crippen LogP contribution in [0, 0.1) is 10.1 Å². The Morgan fingerprint density at radius 3 is 2.69 bits per heavy atom. The predicted octanol–water partition coefficient (Wildman–Crippen LogP) is 2.84. The fourth-order valence-electron chi connectivity index (χ4n) is 2.99. The van der Waals surface area contributed by atoms with Gasteiger partial charge in [-0.2, -0.15) is 0 Å². The van der Waals surface area contributed by atoms with Gasteiger partial charge in [0.1, 0.15) is 19.0 Å². The van der Waals surface area contributed by atoms with E-state index in [9.17, 15) is 14.9 Å². The lowest BCUT2D eigenvalue weighted by Gasteiger charge is -2.21. The summed E-state index contributed by atoms with van der Waals surface area (Å²) in [5.41, 5.74) is 1.22. The van der Waals surface area contributed by atoms with E-state index in [2.05, 4.69) is 5.32 Å². The fraction of sp³-hybridized carbons (Fsp3) is 0.350. The second-order valence-electron chi connectivity index (χ2n) is 6.66. The number of amides is 1. The summed E-state index contributed by atoms with van der Waals surface area (Å²) in [6, 6.07) is 9.88. The molecule has 9 nitrogen and oxygen atoms in total. The Morgan fingerprint density at radius 1 is 1.21 bits per heavy atom. The summed E-state index contributed by atoms with van der Waals surface area (Å²) in [5, 5.41) is 13.6. The SMILES string of the molecule is COc1ccc([N+](=O)[O-])cc1NC(=O)CCN(C)Cc1ccc2c(c1)OCCO2. The molecule has 0 unspecified atom stereocenters. The number of nitrogens with zero attached hydrogens (tertiary/aromatic N) is 2. The normalized spacial score (nSPS) is 12.5. The van der Waals surface area contributed by atoms with Crippen molar-refractivity contribution in [3.63, 3.8) is 0 Å². The molecule has 0 aliphatic carbocycles. The van der Waals surface area contributed by atoms with Crippen LogP contribution in [-0.2, 0) is 11.3 Å². The van der Waals surface area contributed by atoms with Gasteiger partial charge in [-0.25, -0.2) is 0 Å². The number of carbonyl (C=O) groups is 1. The van der Waals surface area contributed by atoms with Crippen molar-refractivity contribution >= 4 is 17.3 Å². The third kappa shape index (κ3) is 5.35. The van der Waals surface area contributed by atoms with Crippen molar-refractivity contribution in [3.8, 4) is 17.2 Å². The van der Waals surface area contributed by atoms with Gasteiger partial charge in [0.15, 0.2) is 11.5 Å². The zero-order valence-electron chi connectivity index (χ0n) is 16.3. The van der Waals surface area contributed by atoms with E-state index < -0.39 is 4.92 Å². The molecule has 0 aromatic heterocycles. The van der Waals surface area contributed by atoms with Gasteiger partial charge in [0, 0.05) is 31.6 Å². The minimum atomic E-state index is -0.518. The molecule has 0 fully saturated rings. The number of nitrogens with one attached hydrogen (secondary N) is 1. The van der Waals surface area contributed by atoms with Gasteiger partial charge in [-0.1, -0.05) is 6.07 Å². The van der Waals surface area contributed by atoms with E-state index >= 15 is 0 Å². The van der Waals surface area contributed by atoms with Crippen LogP contribution in [0.25, 0.3) is 0 Å². The van der Waals surface area contributed by atoms with Crippen LogP contribution in [0.4, 0.5) is 11.4 Å². The summed E-state index contributed by atoms with van der Waals surface area (Å²) in [4.78, 5) is 24.7. The van der Waals surface area contributed by atoms with Crippen LogP contribution in [0.2, 0.25) is 0 Å². The molecule has 0 bridgehead atoms. The zero-order chi connectivity index (χ0) is 20.8. The lowest BCUT2D eigenvalue weighted by Crippen LogP contribution is -2.24. The summed E-state index contributed by atoms with van der Waals surface area (Å²) in [6.07, 6.45) is 0.229. The van der Waals surface area contributed by atoms with E-state index in [0.29, 0.717) is 32.1 Å². The average molecular weight is 401 g/mol. The van der Waals surface area contributed by atoms with E-state index in [-0.39, 0.29) is 23.7 Å². The van der Waals surface area contributed by atoms with Gasteiger partial charge in [-0.05, 0) is 30.8 Å². The van der Waals surface area contributed by atoms with E-state index in [1.807, 2.05) is 30.1 Å². The van der Waals surface area contributed by atoms with Crippen molar-refractivity contribution in [1.29, 1.82) is 0 Å². The number of methoxy groups -OCH3 is 1. The van der Waals surface area contributed by atoms with Crippen LogP contribution in [-0.4, -0.2) is 49.6 Å². The first kappa shape index (κ1) is 20.4. The number of hydrogen-bond donors (Lipinski definition) is 1. The highest BCUT2D eigenvalue weighted by Crippen LogP contribution is 2.31. The second-order valence-corrected chi connectivity index (χ2v) is 6.66. The summed E-state index contributed by atoms with van der Waals surface area (Å²) in [5.74, 6) is 1.59. The third-order valence-corrected chi connectivity index (χ3v) is 4.45. The number of fused-ring (bicyclic) bond motifs is 1. The average Bonchev–Trinajstić information content (AvgIpc) is 2.72. The molecule has 3 rings (SSSR count). The number of anilines is 1. The first-order valence-corrected chi connectivity index (χ1v) is 9.15. The molecule has 9 heteroatoms. The maximum Gasteiger partial charge on any atom is 0.271 e. The van der Waals surface area contributed by atoms with E-state index in [4.69, 9.17) is 14.2 Å². The Kier molecular flexibility index (Phi) is 6.50. The number of carbonyl (C=O) groups excluding carboxylic acids is 1. The standard InChI is InChI=1S/C20H23N3O6/c1-22(13-14-3-5-18-19(11-14)29-10-9-28-18)8-7-20(24)21-16-12-15(23(25)26)4-6-17(16)27-2/h3-6,11-12H,7-10,13H2,1-2H3,(H,21,24). The van der Waals surface area contributed by atoms with Crippen LogP contribution >= 0.6 is 0 Å². The first-order chi connectivity index (χ1) is 14.0. The zero-order valence-corrected chi connectivity index (χ0v) is 16.3. The molecular formula is C20H23N3O6. The molecule has 0 saturated heterocycles. The number of hydrogen-bond acceptors (Lipinski definition) is 7. The van der Waals surface area contributed by atoms with Gasteiger partial charge < -0.3 is 24.4 Å². The van der Waals surface area contributed by atoms with Crippen LogP contribution in [0.1, 0.15) is 12.0 Å². The van der Waals surface area contributed by atoms with Crippen LogP contribution in [0.15, 0.2) is 36.4 Å². The fourth-order valence-corrected chi connectivity index (χ4v) is 2.99. The molecule has 1 heterocycles. The highest BCUT2D eigenvalue weighted by atomic mass is 16.6. The Bertz CT molecular complexity index is 902. The summed E-state index contributed by atoms with van der Waals surface area (Å²) in [6.45, 7) is 2.24. The van der Waals surface area contributed by atoms with Gasteiger partial charge in [0.25, 0.3) is 5.69 Å². The molecule has 154 valence electrons. The molecule has 0 spiro atoms. The first-order valence-electron chi connectivity index (χ1n) is 9.15.